The number of hydrogen-bond donors (Lipinski definition) is 2. The fourth-order valence-corrected chi connectivity index (χ4v) is 3.97. The molecule has 122 valence electrons. The SMILES string of the molecule is CC1(C)C(=O)NCCN1Cc1c(C(=O)O)sc2cccc(F)c12. The minimum atomic E-state index is -1.07. The number of fused-ring (bicyclic) bond motifs is 1. The Bertz CT molecular complexity index is 800. The van der Waals surface area contributed by atoms with E-state index < -0.39 is 17.3 Å². The highest BCUT2D eigenvalue weighted by Gasteiger charge is 2.38. The number of rotatable bonds is 3. The lowest BCUT2D eigenvalue weighted by Crippen LogP contribution is -2.61. The number of piperazine rings is 1. The second kappa shape index (κ2) is 5.58. The third kappa shape index (κ3) is 2.60. The number of carbonyl (C=O) groups excluding carboxylic acids is 1. The molecule has 0 spiro atoms. The normalized spacial score (nSPS) is 18.1. The highest BCUT2D eigenvalue weighted by molar-refractivity contribution is 7.21. The lowest BCUT2D eigenvalue weighted by Gasteiger charge is -2.41. The molecule has 7 heteroatoms. The number of carboxylic acids is 1. The molecule has 0 radical (unpaired) electrons. The quantitative estimate of drug-likeness (QED) is 0.903. The van der Waals surface area contributed by atoms with Crippen LogP contribution < -0.4 is 5.32 Å². The first-order valence-corrected chi connectivity index (χ1v) is 8.10. The Morgan fingerprint density at radius 3 is 2.91 bits per heavy atom. The van der Waals surface area contributed by atoms with Gasteiger partial charge in [0.05, 0.1) is 5.54 Å². The molecule has 0 aliphatic carbocycles. The highest BCUT2D eigenvalue weighted by Crippen LogP contribution is 2.35. The van der Waals surface area contributed by atoms with Gasteiger partial charge in [-0.15, -0.1) is 11.3 Å². The van der Waals surface area contributed by atoms with Crippen LogP contribution in [0.3, 0.4) is 0 Å². The molecule has 0 unspecified atom stereocenters. The Morgan fingerprint density at radius 1 is 1.48 bits per heavy atom. The average Bonchev–Trinajstić information content (AvgIpc) is 2.85. The summed E-state index contributed by atoms with van der Waals surface area (Å²) >= 11 is 1.07. The van der Waals surface area contributed by atoms with E-state index in [1.807, 2.05) is 4.90 Å². The lowest BCUT2D eigenvalue weighted by atomic mass is 9.97. The van der Waals surface area contributed by atoms with Crippen molar-refractivity contribution in [2.45, 2.75) is 25.9 Å². The number of amides is 1. The third-order valence-electron chi connectivity index (χ3n) is 4.32. The molecule has 2 N–H and O–H groups in total. The van der Waals surface area contributed by atoms with E-state index in [1.54, 1.807) is 26.0 Å². The van der Waals surface area contributed by atoms with E-state index in [2.05, 4.69) is 5.32 Å². The second-order valence-corrected chi connectivity index (χ2v) is 7.12. The summed E-state index contributed by atoms with van der Waals surface area (Å²) in [7, 11) is 0. The highest BCUT2D eigenvalue weighted by atomic mass is 32.1. The van der Waals surface area contributed by atoms with E-state index >= 15 is 0 Å². The molecule has 23 heavy (non-hydrogen) atoms. The number of nitrogens with one attached hydrogen (secondary N) is 1. The zero-order chi connectivity index (χ0) is 16.8. The molecule has 0 bridgehead atoms. The van der Waals surface area contributed by atoms with Crippen molar-refractivity contribution in [3.05, 3.63) is 34.5 Å². The molecule has 3 rings (SSSR count). The van der Waals surface area contributed by atoms with Crippen molar-refractivity contribution in [2.75, 3.05) is 13.1 Å². The summed E-state index contributed by atoms with van der Waals surface area (Å²) in [6, 6.07) is 4.62. The molecule has 1 saturated heterocycles. The van der Waals surface area contributed by atoms with Gasteiger partial charge in [0.1, 0.15) is 10.7 Å². The van der Waals surface area contributed by atoms with Gasteiger partial charge < -0.3 is 10.4 Å². The number of benzene rings is 1. The molecule has 1 aromatic heterocycles. The maximum atomic E-state index is 14.3. The van der Waals surface area contributed by atoms with E-state index in [1.165, 1.54) is 6.07 Å². The van der Waals surface area contributed by atoms with E-state index in [0.717, 1.165) is 11.3 Å². The van der Waals surface area contributed by atoms with Crippen molar-refractivity contribution in [3.63, 3.8) is 0 Å². The van der Waals surface area contributed by atoms with Crippen LogP contribution >= 0.6 is 11.3 Å². The molecule has 1 fully saturated rings. The Kier molecular flexibility index (Phi) is 3.85. The molecule has 1 aromatic carbocycles. The number of aromatic carboxylic acids is 1. The van der Waals surface area contributed by atoms with Gasteiger partial charge in [-0.25, -0.2) is 9.18 Å². The van der Waals surface area contributed by atoms with Gasteiger partial charge in [0.2, 0.25) is 5.91 Å². The van der Waals surface area contributed by atoms with Crippen LogP contribution in [-0.4, -0.2) is 40.5 Å². The Morgan fingerprint density at radius 2 is 2.22 bits per heavy atom. The van der Waals surface area contributed by atoms with Crippen LogP contribution in [0.15, 0.2) is 18.2 Å². The van der Waals surface area contributed by atoms with Crippen LogP contribution in [0.1, 0.15) is 29.1 Å². The lowest BCUT2D eigenvalue weighted by molar-refractivity contribution is -0.135. The topological polar surface area (TPSA) is 69.6 Å². The number of carboxylic acid groups (broad SMARTS) is 1. The maximum Gasteiger partial charge on any atom is 0.346 e. The largest absolute Gasteiger partial charge is 0.477 e. The van der Waals surface area contributed by atoms with Gasteiger partial charge in [-0.1, -0.05) is 6.07 Å². The average molecular weight is 336 g/mol. The molecule has 1 aliphatic heterocycles. The van der Waals surface area contributed by atoms with Crippen molar-refractivity contribution in [1.29, 1.82) is 0 Å². The molecular weight excluding hydrogens is 319 g/mol. The number of thiophene rings is 1. The molecule has 0 atom stereocenters. The van der Waals surface area contributed by atoms with Gasteiger partial charge in [-0.3, -0.25) is 9.69 Å². The summed E-state index contributed by atoms with van der Waals surface area (Å²) in [5.41, 5.74) is -0.327. The summed E-state index contributed by atoms with van der Waals surface area (Å²) in [4.78, 5) is 25.7. The van der Waals surface area contributed by atoms with Crippen LogP contribution in [0.2, 0.25) is 0 Å². The van der Waals surface area contributed by atoms with Crippen molar-refractivity contribution < 1.29 is 19.1 Å². The first kappa shape index (κ1) is 15.9. The zero-order valence-corrected chi connectivity index (χ0v) is 13.7. The molecule has 5 nitrogen and oxygen atoms in total. The van der Waals surface area contributed by atoms with E-state index in [4.69, 9.17) is 0 Å². The van der Waals surface area contributed by atoms with Crippen molar-refractivity contribution in [1.82, 2.24) is 10.2 Å². The van der Waals surface area contributed by atoms with Crippen molar-refractivity contribution in [2.24, 2.45) is 0 Å². The van der Waals surface area contributed by atoms with Gasteiger partial charge in [-0.2, -0.15) is 0 Å². The van der Waals surface area contributed by atoms with Crippen LogP contribution in [0.5, 0.6) is 0 Å². The van der Waals surface area contributed by atoms with Gasteiger partial charge in [0.25, 0.3) is 0 Å². The monoisotopic (exact) mass is 336 g/mol. The van der Waals surface area contributed by atoms with E-state index in [0.29, 0.717) is 28.7 Å². The van der Waals surface area contributed by atoms with Gasteiger partial charge in [0.15, 0.2) is 0 Å². The molecule has 2 aromatic rings. The third-order valence-corrected chi connectivity index (χ3v) is 5.51. The predicted octanol–water partition coefficient (Wildman–Crippen LogP) is 2.45. The molecule has 2 heterocycles. The number of hydrogen-bond acceptors (Lipinski definition) is 4. The predicted molar refractivity (Wildman–Crippen MR) is 86.2 cm³/mol. The Labute approximate surface area is 136 Å². The fourth-order valence-electron chi connectivity index (χ4n) is 2.90. The van der Waals surface area contributed by atoms with Crippen LogP contribution in [-0.2, 0) is 11.3 Å². The molecule has 0 saturated carbocycles. The Hall–Kier alpha value is -1.99. The number of nitrogens with zero attached hydrogens (tertiary/aromatic N) is 1. The molecular formula is C16H17FN2O3S. The summed E-state index contributed by atoms with van der Waals surface area (Å²) in [6.07, 6.45) is 0. The van der Waals surface area contributed by atoms with Gasteiger partial charge >= 0.3 is 5.97 Å². The summed E-state index contributed by atoms with van der Waals surface area (Å²) in [5, 5.41) is 12.6. The van der Waals surface area contributed by atoms with E-state index in [-0.39, 0.29) is 17.3 Å². The smallest absolute Gasteiger partial charge is 0.346 e. The first-order chi connectivity index (χ1) is 10.8. The summed E-state index contributed by atoms with van der Waals surface area (Å²) in [6.45, 7) is 4.88. The standard InChI is InChI=1S/C16H17FN2O3S/c1-16(2)15(22)18-6-7-19(16)8-9-12-10(17)4-3-5-11(12)23-13(9)14(20)21/h3-5H,6-8H2,1-2H3,(H,18,22)(H,20,21). The minimum Gasteiger partial charge on any atom is -0.477 e. The van der Waals surface area contributed by atoms with Crippen LogP contribution in [0.4, 0.5) is 4.39 Å². The molecule has 1 amide bonds. The van der Waals surface area contributed by atoms with Crippen LogP contribution in [0, 0.1) is 5.82 Å². The van der Waals surface area contributed by atoms with E-state index in [9.17, 15) is 19.1 Å². The fraction of sp³-hybridized carbons (Fsp3) is 0.375. The van der Waals surface area contributed by atoms with Gasteiger partial charge in [0, 0.05) is 35.3 Å². The number of carbonyl (C=O) groups is 2. The van der Waals surface area contributed by atoms with Crippen molar-refractivity contribution in [3.8, 4) is 0 Å². The number of halogens is 1. The van der Waals surface area contributed by atoms with Gasteiger partial charge in [-0.05, 0) is 26.0 Å². The Balaban J connectivity index is 2.10. The van der Waals surface area contributed by atoms with Crippen molar-refractivity contribution >= 4 is 33.3 Å². The first-order valence-electron chi connectivity index (χ1n) is 7.29. The summed E-state index contributed by atoms with van der Waals surface area (Å²) in [5.74, 6) is -1.61. The summed E-state index contributed by atoms with van der Waals surface area (Å²) < 4.78 is 14.9. The van der Waals surface area contributed by atoms with Crippen LogP contribution in [0.25, 0.3) is 10.1 Å². The maximum absolute atomic E-state index is 14.3. The minimum absolute atomic E-state index is 0.111. The second-order valence-electron chi connectivity index (χ2n) is 6.06. The molecule has 1 aliphatic rings. The zero-order valence-electron chi connectivity index (χ0n) is 12.9.